The van der Waals surface area contributed by atoms with Crippen LogP contribution < -0.4 is 10.5 Å². The second-order valence-corrected chi connectivity index (χ2v) is 3.65. The molecule has 2 N–H and O–H groups in total. The first-order valence-electron chi connectivity index (χ1n) is 4.96. The summed E-state index contributed by atoms with van der Waals surface area (Å²) >= 11 is 5.83. The van der Waals surface area contributed by atoms with Crippen LogP contribution in [0.15, 0.2) is 12.1 Å². The van der Waals surface area contributed by atoms with Crippen molar-refractivity contribution in [3.05, 3.63) is 28.5 Å². The molecule has 1 atom stereocenters. The van der Waals surface area contributed by atoms with Gasteiger partial charge in [-0.05, 0) is 24.6 Å². The van der Waals surface area contributed by atoms with Gasteiger partial charge in [-0.1, -0.05) is 11.6 Å². The number of esters is 1. The Hall–Kier alpha value is -1.04. The van der Waals surface area contributed by atoms with Crippen LogP contribution in [0, 0.1) is 5.82 Å². The minimum Gasteiger partial charge on any atom is -0.489 e. The summed E-state index contributed by atoms with van der Waals surface area (Å²) < 4.78 is 23.1. The number of ether oxygens (including phenoxy) is 2. The van der Waals surface area contributed by atoms with Crippen LogP contribution in [0.4, 0.5) is 4.39 Å². The Labute approximate surface area is 116 Å². The van der Waals surface area contributed by atoms with Crippen LogP contribution in [0.25, 0.3) is 0 Å². The summed E-state index contributed by atoms with van der Waals surface area (Å²) in [7, 11) is 1.20. The Morgan fingerprint density at radius 3 is 2.61 bits per heavy atom. The van der Waals surface area contributed by atoms with Gasteiger partial charge < -0.3 is 15.2 Å². The first kappa shape index (κ1) is 17.0. The van der Waals surface area contributed by atoms with Crippen molar-refractivity contribution >= 4 is 30.0 Å². The molecule has 0 radical (unpaired) electrons. The number of carbonyl (C=O) groups is 1. The minimum atomic E-state index is -1.07. The maximum atomic E-state index is 13.6. The average Bonchev–Trinajstić information content (AvgIpc) is 2.31. The van der Waals surface area contributed by atoms with Gasteiger partial charge in [0.15, 0.2) is 11.6 Å². The zero-order valence-electron chi connectivity index (χ0n) is 9.91. The van der Waals surface area contributed by atoms with Crippen LogP contribution in [-0.4, -0.2) is 19.7 Å². The van der Waals surface area contributed by atoms with E-state index in [1.807, 2.05) is 0 Å². The van der Waals surface area contributed by atoms with Gasteiger partial charge in [0.1, 0.15) is 6.04 Å². The molecular formula is C11H14Cl2FNO3. The molecule has 0 amide bonds. The standard InChI is InChI=1S/C11H13ClFNO3.ClH/c1-3-17-10-7(12)4-6(5-8(10)13)9(14)11(15)16-2;/h4-5,9H,3,14H2,1-2H3;1H/t9-;/m0./s1. The Kier molecular flexibility index (Phi) is 6.98. The van der Waals surface area contributed by atoms with Crippen LogP contribution in [0.1, 0.15) is 18.5 Å². The molecule has 0 fully saturated rings. The van der Waals surface area contributed by atoms with E-state index in [4.69, 9.17) is 22.1 Å². The van der Waals surface area contributed by atoms with Gasteiger partial charge in [0.05, 0.1) is 18.7 Å². The quantitative estimate of drug-likeness (QED) is 0.867. The fourth-order valence-corrected chi connectivity index (χ4v) is 1.58. The first-order chi connectivity index (χ1) is 8.01. The molecule has 102 valence electrons. The molecule has 0 bridgehead atoms. The largest absolute Gasteiger partial charge is 0.489 e. The van der Waals surface area contributed by atoms with Gasteiger partial charge in [-0.15, -0.1) is 12.4 Å². The average molecular weight is 298 g/mol. The molecule has 0 heterocycles. The van der Waals surface area contributed by atoms with Gasteiger partial charge in [0, 0.05) is 0 Å². The predicted molar refractivity (Wildman–Crippen MR) is 68.8 cm³/mol. The van der Waals surface area contributed by atoms with Crippen molar-refractivity contribution in [1.82, 2.24) is 0 Å². The third-order valence-corrected chi connectivity index (χ3v) is 2.40. The van der Waals surface area contributed by atoms with E-state index < -0.39 is 17.8 Å². The monoisotopic (exact) mass is 297 g/mol. The fourth-order valence-electron chi connectivity index (χ4n) is 1.30. The molecule has 7 heteroatoms. The zero-order valence-corrected chi connectivity index (χ0v) is 11.5. The number of methoxy groups -OCH3 is 1. The summed E-state index contributed by atoms with van der Waals surface area (Å²) in [4.78, 5) is 11.2. The van der Waals surface area contributed by atoms with Gasteiger partial charge >= 0.3 is 5.97 Å². The van der Waals surface area contributed by atoms with E-state index >= 15 is 0 Å². The van der Waals surface area contributed by atoms with Crippen molar-refractivity contribution in [2.24, 2.45) is 5.73 Å². The van der Waals surface area contributed by atoms with E-state index in [2.05, 4.69) is 4.74 Å². The second kappa shape index (κ2) is 7.41. The SMILES string of the molecule is CCOc1c(F)cc([C@H](N)C(=O)OC)cc1Cl.Cl. The highest BCUT2D eigenvalue weighted by atomic mass is 35.5. The van der Waals surface area contributed by atoms with Gasteiger partial charge in [0.25, 0.3) is 0 Å². The Bertz CT molecular complexity index is 406. The summed E-state index contributed by atoms with van der Waals surface area (Å²) in [6, 6.07) is 1.43. The second-order valence-electron chi connectivity index (χ2n) is 3.25. The lowest BCUT2D eigenvalue weighted by Crippen LogP contribution is -2.22. The Balaban J connectivity index is 0.00000289. The van der Waals surface area contributed by atoms with Gasteiger partial charge in [-0.3, -0.25) is 4.79 Å². The van der Waals surface area contributed by atoms with Crippen LogP contribution >= 0.6 is 24.0 Å². The molecule has 0 unspecified atom stereocenters. The molecule has 1 aromatic rings. The summed E-state index contributed by atoms with van der Waals surface area (Å²) in [5.41, 5.74) is 5.81. The first-order valence-corrected chi connectivity index (χ1v) is 5.34. The highest BCUT2D eigenvalue weighted by molar-refractivity contribution is 6.32. The summed E-state index contributed by atoms with van der Waals surface area (Å²) in [6.07, 6.45) is 0. The molecule has 0 aliphatic rings. The normalized spacial score (nSPS) is 11.4. The van der Waals surface area contributed by atoms with Crippen molar-refractivity contribution in [3.63, 3.8) is 0 Å². The molecule has 0 spiro atoms. The molecule has 4 nitrogen and oxygen atoms in total. The zero-order chi connectivity index (χ0) is 13.0. The summed E-state index contributed by atoms with van der Waals surface area (Å²) in [5.74, 6) is -1.37. The third-order valence-electron chi connectivity index (χ3n) is 2.12. The van der Waals surface area contributed by atoms with E-state index in [1.165, 1.54) is 13.2 Å². The number of carbonyl (C=O) groups excluding carboxylic acids is 1. The molecule has 1 aromatic carbocycles. The van der Waals surface area contributed by atoms with Crippen LogP contribution in [0.3, 0.4) is 0 Å². The highest BCUT2D eigenvalue weighted by Crippen LogP contribution is 2.31. The van der Waals surface area contributed by atoms with Gasteiger partial charge in [0.2, 0.25) is 0 Å². The predicted octanol–water partition coefficient (Wildman–Crippen LogP) is 2.47. The molecule has 0 aliphatic heterocycles. The number of hydrogen-bond donors (Lipinski definition) is 1. The highest BCUT2D eigenvalue weighted by Gasteiger charge is 2.20. The maximum Gasteiger partial charge on any atom is 0.327 e. The molecule has 1 rings (SSSR count). The van der Waals surface area contributed by atoms with Crippen molar-refractivity contribution < 1.29 is 18.7 Å². The lowest BCUT2D eigenvalue weighted by atomic mass is 10.1. The van der Waals surface area contributed by atoms with Crippen molar-refractivity contribution in [2.45, 2.75) is 13.0 Å². The van der Waals surface area contributed by atoms with Gasteiger partial charge in [-0.25, -0.2) is 4.39 Å². The maximum absolute atomic E-state index is 13.6. The number of benzene rings is 1. The van der Waals surface area contributed by atoms with E-state index in [1.54, 1.807) is 6.92 Å². The molecule has 0 aromatic heterocycles. The fraction of sp³-hybridized carbons (Fsp3) is 0.364. The molecule has 0 aliphatic carbocycles. The number of rotatable bonds is 4. The lowest BCUT2D eigenvalue weighted by molar-refractivity contribution is -0.142. The van der Waals surface area contributed by atoms with E-state index in [-0.39, 0.29) is 28.7 Å². The molecule has 18 heavy (non-hydrogen) atoms. The van der Waals surface area contributed by atoms with E-state index in [0.29, 0.717) is 6.61 Å². The van der Waals surface area contributed by atoms with Crippen LogP contribution in [0.2, 0.25) is 5.02 Å². The summed E-state index contributed by atoms with van der Waals surface area (Å²) in [5, 5.41) is 0.0706. The van der Waals surface area contributed by atoms with E-state index in [0.717, 1.165) is 6.07 Å². The Morgan fingerprint density at radius 1 is 1.56 bits per heavy atom. The minimum absolute atomic E-state index is 0. The number of hydrogen-bond acceptors (Lipinski definition) is 4. The molecule has 0 saturated carbocycles. The number of halogens is 3. The lowest BCUT2D eigenvalue weighted by Gasteiger charge is -2.13. The van der Waals surface area contributed by atoms with Crippen molar-refractivity contribution in [1.29, 1.82) is 0 Å². The van der Waals surface area contributed by atoms with E-state index in [9.17, 15) is 9.18 Å². The molecule has 0 saturated heterocycles. The number of nitrogens with two attached hydrogens (primary N) is 1. The van der Waals surface area contributed by atoms with Gasteiger partial charge in [-0.2, -0.15) is 0 Å². The topological polar surface area (TPSA) is 61.5 Å². The summed E-state index contributed by atoms with van der Waals surface area (Å²) in [6.45, 7) is 2.00. The van der Waals surface area contributed by atoms with Crippen molar-refractivity contribution in [2.75, 3.05) is 13.7 Å². The third kappa shape index (κ3) is 3.73. The Morgan fingerprint density at radius 2 is 2.17 bits per heavy atom. The van der Waals surface area contributed by atoms with Crippen LogP contribution in [-0.2, 0) is 9.53 Å². The molecular weight excluding hydrogens is 284 g/mol. The van der Waals surface area contributed by atoms with Crippen LogP contribution in [0.5, 0.6) is 5.75 Å². The van der Waals surface area contributed by atoms with Crippen molar-refractivity contribution in [3.8, 4) is 5.75 Å². The smallest absolute Gasteiger partial charge is 0.327 e.